The first-order valence-corrected chi connectivity index (χ1v) is 5.10. The predicted molar refractivity (Wildman–Crippen MR) is 57.0 cm³/mol. The molecule has 0 aromatic rings. The molecule has 0 rings (SSSR count). The van der Waals surface area contributed by atoms with Gasteiger partial charge >= 0.3 is 0 Å². The molecule has 0 fully saturated rings. The van der Waals surface area contributed by atoms with Crippen LogP contribution in [0.25, 0.3) is 0 Å². The van der Waals surface area contributed by atoms with Gasteiger partial charge in [0.15, 0.2) is 0 Å². The van der Waals surface area contributed by atoms with Crippen LogP contribution in [0, 0.1) is 0 Å². The Kier molecular flexibility index (Phi) is 6.49. The van der Waals surface area contributed by atoms with Crippen molar-refractivity contribution in [3.63, 3.8) is 0 Å². The second-order valence-corrected chi connectivity index (χ2v) is 4.02. The van der Waals surface area contributed by atoms with Crippen molar-refractivity contribution in [2.24, 2.45) is 5.73 Å². The number of amides is 1. The van der Waals surface area contributed by atoms with Crippen molar-refractivity contribution in [1.29, 1.82) is 0 Å². The van der Waals surface area contributed by atoms with Gasteiger partial charge in [0.25, 0.3) is 0 Å². The van der Waals surface area contributed by atoms with Crippen molar-refractivity contribution in [2.45, 2.75) is 39.2 Å². The Morgan fingerprint density at radius 3 is 2.64 bits per heavy atom. The zero-order chi connectivity index (χ0) is 11.0. The molecule has 0 spiro atoms. The van der Waals surface area contributed by atoms with Crippen LogP contribution in [0.5, 0.6) is 0 Å². The van der Waals surface area contributed by atoms with Gasteiger partial charge in [-0.3, -0.25) is 4.79 Å². The SMILES string of the molecule is CCCOCC(=O)NC(C)(C)CCN. The van der Waals surface area contributed by atoms with E-state index in [1.807, 2.05) is 20.8 Å². The van der Waals surface area contributed by atoms with Crippen LogP contribution in [0.2, 0.25) is 0 Å². The Morgan fingerprint density at radius 2 is 2.14 bits per heavy atom. The monoisotopic (exact) mass is 202 g/mol. The van der Waals surface area contributed by atoms with E-state index in [0.717, 1.165) is 12.8 Å². The number of rotatable bonds is 7. The van der Waals surface area contributed by atoms with E-state index < -0.39 is 0 Å². The minimum absolute atomic E-state index is 0.0723. The summed E-state index contributed by atoms with van der Waals surface area (Å²) in [5.74, 6) is -0.0723. The van der Waals surface area contributed by atoms with Crippen molar-refractivity contribution in [2.75, 3.05) is 19.8 Å². The third-order valence-electron chi connectivity index (χ3n) is 1.83. The third kappa shape index (κ3) is 6.86. The molecule has 4 heteroatoms. The van der Waals surface area contributed by atoms with E-state index in [0.29, 0.717) is 13.2 Å². The fourth-order valence-electron chi connectivity index (χ4n) is 1.15. The number of carbonyl (C=O) groups excluding carboxylic acids is 1. The van der Waals surface area contributed by atoms with Gasteiger partial charge < -0.3 is 15.8 Å². The lowest BCUT2D eigenvalue weighted by molar-refractivity contribution is -0.127. The summed E-state index contributed by atoms with van der Waals surface area (Å²) in [6.45, 7) is 7.26. The summed E-state index contributed by atoms with van der Waals surface area (Å²) in [4.78, 5) is 11.3. The van der Waals surface area contributed by atoms with E-state index in [2.05, 4.69) is 5.32 Å². The van der Waals surface area contributed by atoms with Gasteiger partial charge in [0, 0.05) is 12.1 Å². The average molecular weight is 202 g/mol. The normalized spacial score (nSPS) is 11.4. The van der Waals surface area contributed by atoms with Gasteiger partial charge in [0.1, 0.15) is 6.61 Å². The smallest absolute Gasteiger partial charge is 0.246 e. The minimum Gasteiger partial charge on any atom is -0.372 e. The predicted octanol–water partition coefficient (Wildman–Crippen LogP) is 0.657. The van der Waals surface area contributed by atoms with Gasteiger partial charge in [-0.2, -0.15) is 0 Å². The molecular formula is C10H22N2O2. The van der Waals surface area contributed by atoms with Crippen molar-refractivity contribution in [3.05, 3.63) is 0 Å². The lowest BCUT2D eigenvalue weighted by Crippen LogP contribution is -2.46. The first-order valence-electron chi connectivity index (χ1n) is 5.10. The minimum atomic E-state index is -0.235. The summed E-state index contributed by atoms with van der Waals surface area (Å²) in [6.07, 6.45) is 1.70. The number of nitrogens with two attached hydrogens (primary N) is 1. The van der Waals surface area contributed by atoms with Gasteiger partial charge in [-0.15, -0.1) is 0 Å². The molecule has 0 unspecified atom stereocenters. The first-order chi connectivity index (χ1) is 6.52. The Hall–Kier alpha value is -0.610. The molecule has 0 heterocycles. The van der Waals surface area contributed by atoms with Crippen molar-refractivity contribution < 1.29 is 9.53 Å². The van der Waals surface area contributed by atoms with Crippen LogP contribution in [-0.2, 0) is 9.53 Å². The molecule has 3 N–H and O–H groups in total. The molecule has 0 aliphatic heterocycles. The van der Waals surface area contributed by atoms with E-state index in [4.69, 9.17) is 10.5 Å². The summed E-state index contributed by atoms with van der Waals surface area (Å²) in [6, 6.07) is 0. The zero-order valence-electron chi connectivity index (χ0n) is 9.43. The van der Waals surface area contributed by atoms with Gasteiger partial charge in [-0.1, -0.05) is 6.92 Å². The maximum Gasteiger partial charge on any atom is 0.246 e. The van der Waals surface area contributed by atoms with Crippen LogP contribution >= 0.6 is 0 Å². The van der Waals surface area contributed by atoms with E-state index in [1.165, 1.54) is 0 Å². The number of ether oxygens (including phenoxy) is 1. The molecule has 0 aliphatic carbocycles. The topological polar surface area (TPSA) is 64.3 Å². The molecule has 84 valence electrons. The Bertz CT molecular complexity index is 170. The van der Waals surface area contributed by atoms with Crippen LogP contribution in [0.3, 0.4) is 0 Å². The number of nitrogens with one attached hydrogen (secondary N) is 1. The highest BCUT2D eigenvalue weighted by atomic mass is 16.5. The molecule has 4 nitrogen and oxygen atoms in total. The fourth-order valence-corrected chi connectivity index (χ4v) is 1.15. The second kappa shape index (κ2) is 6.79. The van der Waals surface area contributed by atoms with Gasteiger partial charge in [-0.05, 0) is 33.2 Å². The van der Waals surface area contributed by atoms with Crippen LogP contribution in [-0.4, -0.2) is 31.2 Å². The molecule has 0 aromatic heterocycles. The Labute approximate surface area is 86.2 Å². The number of carbonyl (C=O) groups is 1. The maximum atomic E-state index is 11.3. The van der Waals surface area contributed by atoms with Crippen LogP contribution in [0.15, 0.2) is 0 Å². The summed E-state index contributed by atoms with van der Waals surface area (Å²) >= 11 is 0. The van der Waals surface area contributed by atoms with Gasteiger partial charge in [0.2, 0.25) is 5.91 Å². The summed E-state index contributed by atoms with van der Waals surface area (Å²) in [5.41, 5.74) is 5.19. The summed E-state index contributed by atoms with van der Waals surface area (Å²) in [7, 11) is 0. The standard InChI is InChI=1S/C10H22N2O2/c1-4-7-14-8-9(13)12-10(2,3)5-6-11/h4-8,11H2,1-3H3,(H,12,13). The molecular weight excluding hydrogens is 180 g/mol. The quantitative estimate of drug-likeness (QED) is 0.596. The van der Waals surface area contributed by atoms with E-state index in [9.17, 15) is 4.79 Å². The molecule has 1 amide bonds. The third-order valence-corrected chi connectivity index (χ3v) is 1.83. The Morgan fingerprint density at radius 1 is 1.50 bits per heavy atom. The molecule has 0 aromatic carbocycles. The first kappa shape index (κ1) is 13.4. The van der Waals surface area contributed by atoms with Crippen molar-refractivity contribution in [1.82, 2.24) is 5.32 Å². The second-order valence-electron chi connectivity index (χ2n) is 4.02. The van der Waals surface area contributed by atoms with Crippen molar-refractivity contribution >= 4 is 5.91 Å². The Balaban J connectivity index is 3.69. The molecule has 0 saturated heterocycles. The van der Waals surface area contributed by atoms with E-state index in [-0.39, 0.29) is 18.1 Å². The lowest BCUT2D eigenvalue weighted by Gasteiger charge is -2.25. The van der Waals surface area contributed by atoms with E-state index >= 15 is 0 Å². The van der Waals surface area contributed by atoms with Crippen LogP contribution in [0.1, 0.15) is 33.6 Å². The highest BCUT2D eigenvalue weighted by Crippen LogP contribution is 2.05. The summed E-state index contributed by atoms with van der Waals surface area (Å²) < 4.78 is 5.13. The number of hydrogen-bond donors (Lipinski definition) is 2. The summed E-state index contributed by atoms with van der Waals surface area (Å²) in [5, 5.41) is 2.87. The zero-order valence-corrected chi connectivity index (χ0v) is 9.43. The van der Waals surface area contributed by atoms with Gasteiger partial charge in [-0.25, -0.2) is 0 Å². The number of hydrogen-bond acceptors (Lipinski definition) is 3. The molecule has 14 heavy (non-hydrogen) atoms. The highest BCUT2D eigenvalue weighted by molar-refractivity contribution is 5.77. The highest BCUT2D eigenvalue weighted by Gasteiger charge is 2.18. The molecule has 0 atom stereocenters. The van der Waals surface area contributed by atoms with Crippen LogP contribution < -0.4 is 11.1 Å². The van der Waals surface area contributed by atoms with Crippen molar-refractivity contribution in [3.8, 4) is 0 Å². The van der Waals surface area contributed by atoms with Gasteiger partial charge in [0.05, 0.1) is 0 Å². The lowest BCUT2D eigenvalue weighted by atomic mass is 10.0. The molecule has 0 bridgehead atoms. The molecule has 0 saturated carbocycles. The average Bonchev–Trinajstić information content (AvgIpc) is 2.03. The fraction of sp³-hybridized carbons (Fsp3) is 0.900. The molecule has 0 radical (unpaired) electrons. The molecule has 0 aliphatic rings. The van der Waals surface area contributed by atoms with Crippen LogP contribution in [0.4, 0.5) is 0 Å². The maximum absolute atomic E-state index is 11.3. The van der Waals surface area contributed by atoms with E-state index in [1.54, 1.807) is 0 Å². The largest absolute Gasteiger partial charge is 0.372 e.